The van der Waals surface area contributed by atoms with Crippen molar-refractivity contribution in [1.29, 1.82) is 0 Å². The van der Waals surface area contributed by atoms with Gasteiger partial charge in [0.05, 0.1) is 11.3 Å². The van der Waals surface area contributed by atoms with Gasteiger partial charge in [-0.15, -0.1) is 0 Å². The van der Waals surface area contributed by atoms with Gasteiger partial charge < -0.3 is 10.6 Å². The maximum absolute atomic E-state index is 14.0. The summed E-state index contributed by atoms with van der Waals surface area (Å²) in [5, 5.41) is 6.14. The van der Waals surface area contributed by atoms with Crippen LogP contribution in [-0.2, 0) is 13.0 Å². The van der Waals surface area contributed by atoms with Crippen molar-refractivity contribution >= 4 is 11.7 Å². The Morgan fingerprint density at radius 3 is 2.50 bits per heavy atom. The van der Waals surface area contributed by atoms with Gasteiger partial charge in [-0.25, -0.2) is 9.37 Å². The van der Waals surface area contributed by atoms with Crippen molar-refractivity contribution < 1.29 is 9.18 Å². The highest BCUT2D eigenvalue weighted by molar-refractivity contribution is 5.99. The first kappa shape index (κ1) is 21.2. The lowest BCUT2D eigenvalue weighted by Crippen LogP contribution is -2.25. The molecule has 0 aliphatic carbocycles. The van der Waals surface area contributed by atoms with Gasteiger partial charge in [-0.3, -0.25) is 9.78 Å². The third kappa shape index (κ3) is 5.35. The lowest BCUT2D eigenvalue weighted by atomic mass is 10.1. The molecule has 0 saturated carbocycles. The van der Waals surface area contributed by atoms with Crippen LogP contribution in [0.15, 0.2) is 91.3 Å². The Balaban J connectivity index is 1.54. The average molecular weight is 426 g/mol. The number of nitrogens with one attached hydrogen (secondary N) is 2. The van der Waals surface area contributed by atoms with E-state index in [1.165, 1.54) is 6.07 Å². The molecule has 0 spiro atoms. The summed E-state index contributed by atoms with van der Waals surface area (Å²) in [6.45, 7) is 0.802. The molecule has 1 amide bonds. The zero-order chi connectivity index (χ0) is 22.2. The summed E-state index contributed by atoms with van der Waals surface area (Å²) in [5.74, 6) is -0.0181. The number of halogens is 1. The zero-order valence-electron chi connectivity index (χ0n) is 17.5. The molecule has 0 unspecified atom stereocenters. The van der Waals surface area contributed by atoms with Gasteiger partial charge in [0.25, 0.3) is 5.91 Å². The first-order valence-corrected chi connectivity index (χ1v) is 10.4. The van der Waals surface area contributed by atoms with E-state index in [-0.39, 0.29) is 11.7 Å². The van der Waals surface area contributed by atoms with E-state index in [0.717, 1.165) is 16.8 Å². The maximum Gasteiger partial charge on any atom is 0.255 e. The van der Waals surface area contributed by atoms with Crippen molar-refractivity contribution in [3.8, 4) is 11.3 Å². The van der Waals surface area contributed by atoms with E-state index in [0.29, 0.717) is 36.5 Å². The van der Waals surface area contributed by atoms with Gasteiger partial charge in [0.2, 0.25) is 0 Å². The summed E-state index contributed by atoms with van der Waals surface area (Å²) < 4.78 is 14.0. The molecular formula is C26H23FN4O. The van der Waals surface area contributed by atoms with Gasteiger partial charge in [0.15, 0.2) is 0 Å². The van der Waals surface area contributed by atoms with Crippen molar-refractivity contribution in [2.75, 3.05) is 11.9 Å². The van der Waals surface area contributed by atoms with Crippen LogP contribution in [-0.4, -0.2) is 22.4 Å². The summed E-state index contributed by atoms with van der Waals surface area (Å²) in [5.41, 5.74) is 3.66. The molecule has 4 aromatic rings. The molecule has 160 valence electrons. The first-order valence-electron chi connectivity index (χ1n) is 10.4. The van der Waals surface area contributed by atoms with Crippen LogP contribution in [0.1, 0.15) is 21.5 Å². The van der Waals surface area contributed by atoms with Crippen molar-refractivity contribution in [2.24, 2.45) is 0 Å². The average Bonchev–Trinajstić information content (AvgIpc) is 2.85. The molecular weight excluding hydrogens is 403 g/mol. The Labute approximate surface area is 186 Å². The summed E-state index contributed by atoms with van der Waals surface area (Å²) in [7, 11) is 0. The predicted octanol–water partition coefficient (Wildman–Crippen LogP) is 4.87. The highest BCUT2D eigenvalue weighted by Gasteiger charge is 2.14. The molecule has 0 saturated heterocycles. The SMILES string of the molecule is O=C(NCc1cccnc1)c1ccc(-c2ccccc2)nc1NCCc1ccccc1F. The fourth-order valence-electron chi connectivity index (χ4n) is 3.34. The van der Waals surface area contributed by atoms with Gasteiger partial charge in [-0.1, -0.05) is 54.6 Å². The number of benzene rings is 2. The van der Waals surface area contributed by atoms with Crippen LogP contribution >= 0.6 is 0 Å². The monoisotopic (exact) mass is 426 g/mol. The number of carbonyl (C=O) groups excluding carboxylic acids is 1. The van der Waals surface area contributed by atoms with E-state index in [2.05, 4.69) is 15.6 Å². The predicted molar refractivity (Wildman–Crippen MR) is 124 cm³/mol. The zero-order valence-corrected chi connectivity index (χ0v) is 17.5. The van der Waals surface area contributed by atoms with Gasteiger partial charge in [0.1, 0.15) is 11.6 Å². The van der Waals surface area contributed by atoms with Crippen LogP contribution in [0.25, 0.3) is 11.3 Å². The fourth-order valence-corrected chi connectivity index (χ4v) is 3.34. The van der Waals surface area contributed by atoms with Crippen molar-refractivity contribution in [2.45, 2.75) is 13.0 Å². The summed E-state index contributed by atoms with van der Waals surface area (Å²) in [6.07, 6.45) is 3.88. The molecule has 2 aromatic carbocycles. The van der Waals surface area contributed by atoms with Crippen LogP contribution in [0.5, 0.6) is 0 Å². The number of hydrogen-bond donors (Lipinski definition) is 2. The standard InChI is InChI=1S/C26H23FN4O/c27-23-11-5-4-8-20(23)14-16-29-25-22(26(32)30-18-19-7-6-15-28-17-19)12-13-24(31-25)21-9-2-1-3-10-21/h1-13,15,17H,14,16,18H2,(H,29,31)(H,30,32). The third-order valence-corrected chi connectivity index (χ3v) is 5.03. The number of hydrogen-bond acceptors (Lipinski definition) is 4. The second-order valence-electron chi connectivity index (χ2n) is 7.27. The smallest absolute Gasteiger partial charge is 0.255 e. The number of pyridine rings is 2. The van der Waals surface area contributed by atoms with Crippen LogP contribution < -0.4 is 10.6 Å². The summed E-state index contributed by atoms with van der Waals surface area (Å²) in [6, 6.07) is 23.8. The molecule has 0 radical (unpaired) electrons. The molecule has 2 N–H and O–H groups in total. The van der Waals surface area contributed by atoms with Crippen LogP contribution in [0, 0.1) is 5.82 Å². The topological polar surface area (TPSA) is 66.9 Å². The molecule has 32 heavy (non-hydrogen) atoms. The lowest BCUT2D eigenvalue weighted by molar-refractivity contribution is 0.0951. The van der Waals surface area contributed by atoms with E-state index in [9.17, 15) is 9.18 Å². The van der Waals surface area contributed by atoms with E-state index >= 15 is 0 Å². The maximum atomic E-state index is 14.0. The Hall–Kier alpha value is -4.06. The lowest BCUT2D eigenvalue weighted by Gasteiger charge is -2.14. The van der Waals surface area contributed by atoms with Gasteiger partial charge in [0, 0.05) is 31.0 Å². The number of carbonyl (C=O) groups is 1. The molecule has 0 aliphatic heterocycles. The number of nitrogens with zero attached hydrogens (tertiary/aromatic N) is 2. The molecule has 0 aliphatic rings. The number of aromatic nitrogens is 2. The normalized spacial score (nSPS) is 10.5. The quantitative estimate of drug-likeness (QED) is 0.422. The van der Waals surface area contributed by atoms with Crippen LogP contribution in [0.3, 0.4) is 0 Å². The molecule has 0 bridgehead atoms. The molecule has 2 heterocycles. The highest BCUT2D eigenvalue weighted by Crippen LogP contribution is 2.22. The van der Waals surface area contributed by atoms with Crippen LogP contribution in [0.4, 0.5) is 10.2 Å². The summed E-state index contributed by atoms with van der Waals surface area (Å²) in [4.78, 5) is 21.7. The largest absolute Gasteiger partial charge is 0.369 e. The summed E-state index contributed by atoms with van der Waals surface area (Å²) >= 11 is 0. The second kappa shape index (κ2) is 10.3. The third-order valence-electron chi connectivity index (χ3n) is 5.03. The number of amides is 1. The Morgan fingerprint density at radius 1 is 0.906 bits per heavy atom. The van der Waals surface area contributed by atoms with Crippen molar-refractivity contribution in [3.63, 3.8) is 0 Å². The fraction of sp³-hybridized carbons (Fsp3) is 0.115. The second-order valence-corrected chi connectivity index (χ2v) is 7.27. The molecule has 0 fully saturated rings. The van der Waals surface area contributed by atoms with Gasteiger partial charge in [-0.05, 0) is 41.8 Å². The molecule has 0 atom stereocenters. The van der Waals surface area contributed by atoms with Gasteiger partial charge in [-0.2, -0.15) is 0 Å². The molecule has 4 rings (SSSR count). The van der Waals surface area contributed by atoms with E-state index < -0.39 is 0 Å². The Kier molecular flexibility index (Phi) is 6.82. The highest BCUT2D eigenvalue weighted by atomic mass is 19.1. The van der Waals surface area contributed by atoms with E-state index in [1.54, 1.807) is 30.6 Å². The molecule has 5 nitrogen and oxygen atoms in total. The van der Waals surface area contributed by atoms with Crippen molar-refractivity contribution in [1.82, 2.24) is 15.3 Å². The number of rotatable bonds is 8. The minimum absolute atomic E-state index is 0.241. The Morgan fingerprint density at radius 2 is 1.72 bits per heavy atom. The molecule has 2 aromatic heterocycles. The van der Waals surface area contributed by atoms with E-state index in [1.807, 2.05) is 54.6 Å². The molecule has 6 heteroatoms. The van der Waals surface area contributed by atoms with E-state index in [4.69, 9.17) is 4.98 Å². The van der Waals surface area contributed by atoms with Crippen LogP contribution in [0.2, 0.25) is 0 Å². The minimum Gasteiger partial charge on any atom is -0.369 e. The Bertz CT molecular complexity index is 1180. The first-order chi connectivity index (χ1) is 15.7. The van der Waals surface area contributed by atoms with Crippen molar-refractivity contribution in [3.05, 3.63) is 114 Å². The minimum atomic E-state index is -0.241. The van der Waals surface area contributed by atoms with Gasteiger partial charge >= 0.3 is 0 Å². The number of anilines is 1.